The molecule has 0 heterocycles. The molecule has 0 aromatic heterocycles. The molecule has 0 radical (unpaired) electrons. The van der Waals surface area contributed by atoms with Crippen LogP contribution in [0.4, 0.5) is 4.39 Å². The Labute approximate surface area is 150 Å². The standard InChI is InChI=1S/C19H19FN2O4/c1-13-2-6-15(7-3-13)19(25)22-11-18(24)26-12-17(23)21-10-14-4-8-16(20)9-5-14/h2-9H,10-12H2,1H3,(H,21,23)(H,22,25). The molecule has 2 amide bonds. The van der Waals surface area contributed by atoms with E-state index in [2.05, 4.69) is 10.6 Å². The maximum atomic E-state index is 12.8. The van der Waals surface area contributed by atoms with Gasteiger partial charge in [-0.15, -0.1) is 0 Å². The lowest BCUT2D eigenvalue weighted by atomic mass is 10.1. The van der Waals surface area contributed by atoms with Gasteiger partial charge in [0, 0.05) is 12.1 Å². The van der Waals surface area contributed by atoms with Gasteiger partial charge in [0.2, 0.25) is 0 Å². The summed E-state index contributed by atoms with van der Waals surface area (Å²) in [6, 6.07) is 12.6. The van der Waals surface area contributed by atoms with Crippen molar-refractivity contribution < 1.29 is 23.5 Å². The van der Waals surface area contributed by atoms with Gasteiger partial charge < -0.3 is 15.4 Å². The van der Waals surface area contributed by atoms with Gasteiger partial charge in [-0.25, -0.2) is 4.39 Å². The second-order valence-electron chi connectivity index (χ2n) is 5.61. The summed E-state index contributed by atoms with van der Waals surface area (Å²) in [6.45, 7) is 1.30. The first-order valence-electron chi connectivity index (χ1n) is 7.95. The quantitative estimate of drug-likeness (QED) is 0.738. The minimum absolute atomic E-state index is 0.195. The first kappa shape index (κ1) is 19.1. The van der Waals surface area contributed by atoms with E-state index in [0.29, 0.717) is 5.56 Å². The lowest BCUT2D eigenvalue weighted by molar-refractivity contribution is -0.147. The van der Waals surface area contributed by atoms with Gasteiger partial charge in [0.15, 0.2) is 6.61 Å². The molecule has 0 saturated carbocycles. The summed E-state index contributed by atoms with van der Waals surface area (Å²) in [6.07, 6.45) is 0. The molecule has 0 aliphatic rings. The van der Waals surface area contributed by atoms with Crippen molar-refractivity contribution in [2.75, 3.05) is 13.2 Å². The molecule has 0 bridgehead atoms. The van der Waals surface area contributed by atoms with Gasteiger partial charge in [-0.1, -0.05) is 29.8 Å². The number of halogens is 1. The Morgan fingerprint density at radius 3 is 2.27 bits per heavy atom. The summed E-state index contributed by atoms with van der Waals surface area (Å²) in [5.74, 6) is -1.97. The predicted molar refractivity (Wildman–Crippen MR) is 92.7 cm³/mol. The Balaban J connectivity index is 1.66. The van der Waals surface area contributed by atoms with Crippen LogP contribution in [0.15, 0.2) is 48.5 Å². The van der Waals surface area contributed by atoms with Crippen molar-refractivity contribution in [3.63, 3.8) is 0 Å². The van der Waals surface area contributed by atoms with Crippen LogP contribution in [-0.4, -0.2) is 30.9 Å². The third-order valence-corrected chi connectivity index (χ3v) is 3.47. The highest BCUT2D eigenvalue weighted by atomic mass is 19.1. The molecule has 26 heavy (non-hydrogen) atoms. The van der Waals surface area contributed by atoms with E-state index < -0.39 is 24.4 Å². The smallest absolute Gasteiger partial charge is 0.325 e. The van der Waals surface area contributed by atoms with Crippen molar-refractivity contribution in [3.05, 3.63) is 71.0 Å². The predicted octanol–water partition coefficient (Wildman–Crippen LogP) is 1.72. The third-order valence-electron chi connectivity index (χ3n) is 3.47. The fraction of sp³-hybridized carbons (Fsp3) is 0.211. The van der Waals surface area contributed by atoms with Crippen LogP contribution in [-0.2, 0) is 20.9 Å². The molecule has 0 atom stereocenters. The highest BCUT2D eigenvalue weighted by molar-refractivity contribution is 5.96. The number of nitrogens with one attached hydrogen (secondary N) is 2. The molecule has 2 rings (SSSR count). The molecule has 2 aromatic rings. The van der Waals surface area contributed by atoms with E-state index in [9.17, 15) is 18.8 Å². The topological polar surface area (TPSA) is 84.5 Å². The van der Waals surface area contributed by atoms with Crippen LogP contribution >= 0.6 is 0 Å². The molecule has 2 aromatic carbocycles. The first-order chi connectivity index (χ1) is 12.4. The lowest BCUT2D eigenvalue weighted by Crippen LogP contribution is -2.33. The number of carbonyl (C=O) groups is 3. The third kappa shape index (κ3) is 6.35. The molecule has 2 N–H and O–H groups in total. The molecule has 0 spiro atoms. The van der Waals surface area contributed by atoms with Crippen LogP contribution in [0.2, 0.25) is 0 Å². The van der Waals surface area contributed by atoms with E-state index in [1.54, 1.807) is 36.4 Å². The van der Waals surface area contributed by atoms with Crippen LogP contribution < -0.4 is 10.6 Å². The SMILES string of the molecule is Cc1ccc(C(=O)NCC(=O)OCC(=O)NCc2ccc(F)cc2)cc1. The average Bonchev–Trinajstić information content (AvgIpc) is 2.64. The number of amides is 2. The number of carbonyl (C=O) groups excluding carboxylic acids is 3. The molecular formula is C19H19FN2O4. The highest BCUT2D eigenvalue weighted by Gasteiger charge is 2.10. The monoisotopic (exact) mass is 358 g/mol. The minimum Gasteiger partial charge on any atom is -0.454 e. The maximum Gasteiger partial charge on any atom is 0.325 e. The second kappa shape index (κ2) is 9.31. The molecular weight excluding hydrogens is 339 g/mol. The fourth-order valence-electron chi connectivity index (χ4n) is 2.01. The Hall–Kier alpha value is -3.22. The summed E-state index contributed by atoms with van der Waals surface area (Å²) in [5.41, 5.74) is 2.17. The first-order valence-corrected chi connectivity index (χ1v) is 7.95. The number of hydrogen-bond acceptors (Lipinski definition) is 4. The van der Waals surface area contributed by atoms with Crippen LogP contribution in [0, 0.1) is 12.7 Å². The molecule has 0 aliphatic heterocycles. The van der Waals surface area contributed by atoms with Gasteiger partial charge in [0.1, 0.15) is 12.4 Å². The Kier molecular flexibility index (Phi) is 6.84. The molecule has 136 valence electrons. The van der Waals surface area contributed by atoms with Crippen LogP contribution in [0.5, 0.6) is 0 Å². The minimum atomic E-state index is -0.720. The van der Waals surface area contributed by atoms with Gasteiger partial charge in [-0.05, 0) is 36.8 Å². The van der Waals surface area contributed by atoms with Crippen molar-refractivity contribution in [2.45, 2.75) is 13.5 Å². The van der Waals surface area contributed by atoms with Crippen molar-refractivity contribution in [2.24, 2.45) is 0 Å². The van der Waals surface area contributed by atoms with Gasteiger partial charge in [0.25, 0.3) is 11.8 Å². The molecule has 0 aliphatic carbocycles. The number of rotatable bonds is 7. The van der Waals surface area contributed by atoms with Crippen molar-refractivity contribution in [1.29, 1.82) is 0 Å². The van der Waals surface area contributed by atoms with E-state index in [4.69, 9.17) is 4.74 Å². The number of hydrogen-bond donors (Lipinski definition) is 2. The van der Waals surface area contributed by atoms with Crippen molar-refractivity contribution in [1.82, 2.24) is 10.6 Å². The Morgan fingerprint density at radius 2 is 1.62 bits per heavy atom. The highest BCUT2D eigenvalue weighted by Crippen LogP contribution is 2.03. The van der Waals surface area contributed by atoms with Crippen LogP contribution in [0.25, 0.3) is 0 Å². The summed E-state index contributed by atoms with van der Waals surface area (Å²) < 4.78 is 17.6. The summed E-state index contributed by atoms with van der Waals surface area (Å²) >= 11 is 0. The van der Waals surface area contributed by atoms with Crippen molar-refractivity contribution in [3.8, 4) is 0 Å². The summed E-state index contributed by atoms with van der Waals surface area (Å²) in [7, 11) is 0. The summed E-state index contributed by atoms with van der Waals surface area (Å²) in [4.78, 5) is 35.1. The summed E-state index contributed by atoms with van der Waals surface area (Å²) in [5, 5.41) is 4.97. The van der Waals surface area contributed by atoms with Gasteiger partial charge in [-0.3, -0.25) is 14.4 Å². The number of ether oxygens (including phenoxy) is 1. The van der Waals surface area contributed by atoms with E-state index >= 15 is 0 Å². The molecule has 6 nitrogen and oxygen atoms in total. The largest absolute Gasteiger partial charge is 0.454 e. The lowest BCUT2D eigenvalue weighted by Gasteiger charge is -2.08. The zero-order chi connectivity index (χ0) is 18.9. The molecule has 0 saturated heterocycles. The van der Waals surface area contributed by atoms with E-state index in [1.807, 2.05) is 6.92 Å². The fourth-order valence-corrected chi connectivity index (χ4v) is 2.01. The number of esters is 1. The van der Waals surface area contributed by atoms with Crippen LogP contribution in [0.3, 0.4) is 0 Å². The Morgan fingerprint density at radius 1 is 0.962 bits per heavy atom. The van der Waals surface area contributed by atoms with E-state index in [0.717, 1.165) is 11.1 Å². The average molecular weight is 358 g/mol. The van der Waals surface area contributed by atoms with Gasteiger partial charge in [-0.2, -0.15) is 0 Å². The number of benzene rings is 2. The van der Waals surface area contributed by atoms with Gasteiger partial charge >= 0.3 is 5.97 Å². The molecule has 7 heteroatoms. The maximum absolute atomic E-state index is 12.8. The zero-order valence-corrected chi connectivity index (χ0v) is 14.3. The normalized spacial score (nSPS) is 10.1. The second-order valence-corrected chi connectivity index (χ2v) is 5.61. The van der Waals surface area contributed by atoms with Crippen LogP contribution in [0.1, 0.15) is 21.5 Å². The van der Waals surface area contributed by atoms with E-state index in [-0.39, 0.29) is 18.9 Å². The zero-order valence-electron chi connectivity index (χ0n) is 14.3. The van der Waals surface area contributed by atoms with Gasteiger partial charge in [0.05, 0.1) is 0 Å². The molecule has 0 fully saturated rings. The number of aryl methyl sites for hydroxylation is 1. The van der Waals surface area contributed by atoms with E-state index in [1.165, 1.54) is 12.1 Å². The molecule has 0 unspecified atom stereocenters. The van der Waals surface area contributed by atoms with Crippen molar-refractivity contribution >= 4 is 17.8 Å². The Bertz CT molecular complexity index is 773.